The molecule has 2 aromatic rings. The van der Waals surface area contributed by atoms with Crippen LogP contribution in [0.25, 0.3) is 0 Å². The summed E-state index contributed by atoms with van der Waals surface area (Å²) < 4.78 is 63.3. The summed E-state index contributed by atoms with van der Waals surface area (Å²) in [4.78, 5) is -0.399. The lowest BCUT2D eigenvalue weighted by Crippen LogP contribution is -2.18. The van der Waals surface area contributed by atoms with Gasteiger partial charge in [-0.2, -0.15) is 13.2 Å². The quantitative estimate of drug-likeness (QED) is 0.892. The van der Waals surface area contributed by atoms with Crippen molar-refractivity contribution in [3.05, 3.63) is 34.4 Å². The average Bonchev–Trinajstić information content (AvgIpc) is 2.72. The molecular formula is C10H7Cl2F3N4O2S. The Balaban J connectivity index is 2.27. The predicted molar refractivity (Wildman–Crippen MR) is 73.3 cm³/mol. The number of halogens is 5. The topological polar surface area (TPSA) is 76.9 Å². The van der Waals surface area contributed by atoms with Gasteiger partial charge in [0.1, 0.15) is 11.4 Å². The van der Waals surface area contributed by atoms with E-state index in [4.69, 9.17) is 23.2 Å². The fourth-order valence-corrected chi connectivity index (χ4v) is 3.66. The summed E-state index contributed by atoms with van der Waals surface area (Å²) in [5.41, 5.74) is 0. The fraction of sp³-hybridized carbons (Fsp3) is 0.200. The van der Waals surface area contributed by atoms with Crippen LogP contribution in [0.4, 0.5) is 19.0 Å². The smallest absolute Gasteiger partial charge is 0.260 e. The molecule has 0 aliphatic rings. The minimum absolute atomic E-state index is 0.136. The minimum Gasteiger partial charge on any atom is -0.260 e. The highest BCUT2D eigenvalue weighted by atomic mass is 35.5. The zero-order valence-corrected chi connectivity index (χ0v) is 12.8. The molecule has 0 fully saturated rings. The van der Waals surface area contributed by atoms with Gasteiger partial charge >= 0.3 is 6.18 Å². The number of hydrogen-bond donors (Lipinski definition) is 1. The standard InChI is InChI=1S/C10H7Cl2F3N4O2S/c11-6-2-1-3-7(12)9(6)22(20,21)17-8-4-19(18-16-8)5-10(13,14)15/h1-4,17H,5H2. The molecule has 0 spiro atoms. The first-order valence-electron chi connectivity index (χ1n) is 5.52. The summed E-state index contributed by atoms with van der Waals surface area (Å²) in [6, 6.07) is 4.06. The van der Waals surface area contributed by atoms with Crippen molar-refractivity contribution < 1.29 is 21.6 Å². The molecule has 1 aromatic carbocycles. The maximum absolute atomic E-state index is 12.2. The molecule has 1 aromatic heterocycles. The number of sulfonamides is 1. The highest BCUT2D eigenvalue weighted by Crippen LogP contribution is 2.30. The van der Waals surface area contributed by atoms with E-state index in [9.17, 15) is 21.6 Å². The number of alkyl halides is 3. The highest BCUT2D eigenvalue weighted by Gasteiger charge is 2.29. The Kier molecular flexibility index (Phi) is 4.54. The third kappa shape index (κ3) is 4.02. The summed E-state index contributed by atoms with van der Waals surface area (Å²) in [6.07, 6.45) is -3.70. The summed E-state index contributed by atoms with van der Waals surface area (Å²) >= 11 is 11.6. The average molecular weight is 375 g/mol. The van der Waals surface area contributed by atoms with Crippen molar-refractivity contribution in [3.8, 4) is 0 Å². The zero-order chi connectivity index (χ0) is 16.5. The second-order valence-electron chi connectivity index (χ2n) is 4.07. The van der Waals surface area contributed by atoms with E-state index in [1.807, 2.05) is 4.72 Å². The molecule has 120 valence electrons. The van der Waals surface area contributed by atoms with Crippen molar-refractivity contribution in [2.45, 2.75) is 17.6 Å². The van der Waals surface area contributed by atoms with E-state index in [1.54, 1.807) is 0 Å². The van der Waals surface area contributed by atoms with Crippen molar-refractivity contribution in [1.29, 1.82) is 0 Å². The number of benzene rings is 1. The number of aromatic nitrogens is 3. The van der Waals surface area contributed by atoms with Gasteiger partial charge in [0.15, 0.2) is 5.82 Å². The molecule has 1 heterocycles. The third-order valence-electron chi connectivity index (χ3n) is 2.31. The number of hydrogen-bond acceptors (Lipinski definition) is 4. The second-order valence-corrected chi connectivity index (χ2v) is 6.51. The molecule has 2 rings (SSSR count). The van der Waals surface area contributed by atoms with Gasteiger partial charge in [0.05, 0.1) is 16.2 Å². The molecular weight excluding hydrogens is 368 g/mol. The largest absolute Gasteiger partial charge is 0.408 e. The predicted octanol–water partition coefficient (Wildman–Crippen LogP) is 2.95. The first-order chi connectivity index (χ1) is 10.1. The van der Waals surface area contributed by atoms with Crippen molar-refractivity contribution in [2.75, 3.05) is 4.72 Å². The molecule has 0 saturated heterocycles. The molecule has 0 atom stereocenters. The Labute approximate surface area is 132 Å². The van der Waals surface area contributed by atoms with Gasteiger partial charge in [-0.3, -0.25) is 4.72 Å². The monoisotopic (exact) mass is 374 g/mol. The van der Waals surface area contributed by atoms with E-state index in [2.05, 4.69) is 10.3 Å². The van der Waals surface area contributed by atoms with Crippen LogP contribution in [-0.2, 0) is 16.6 Å². The van der Waals surface area contributed by atoms with Gasteiger partial charge in [0, 0.05) is 0 Å². The van der Waals surface area contributed by atoms with E-state index in [0.717, 1.165) is 6.20 Å². The molecule has 0 aliphatic carbocycles. The van der Waals surface area contributed by atoms with Crippen LogP contribution < -0.4 is 4.72 Å². The molecule has 0 bridgehead atoms. The number of nitrogens with zero attached hydrogens (tertiary/aromatic N) is 3. The van der Waals surface area contributed by atoms with Gasteiger partial charge in [0.25, 0.3) is 10.0 Å². The van der Waals surface area contributed by atoms with Crippen LogP contribution in [0.1, 0.15) is 0 Å². The van der Waals surface area contributed by atoms with Crippen molar-refractivity contribution >= 4 is 39.0 Å². The van der Waals surface area contributed by atoms with Crippen molar-refractivity contribution in [2.24, 2.45) is 0 Å². The maximum Gasteiger partial charge on any atom is 0.408 e. The van der Waals surface area contributed by atoms with E-state index in [0.29, 0.717) is 4.68 Å². The van der Waals surface area contributed by atoms with Crippen LogP contribution in [0.3, 0.4) is 0 Å². The van der Waals surface area contributed by atoms with E-state index in [1.165, 1.54) is 18.2 Å². The van der Waals surface area contributed by atoms with Gasteiger partial charge < -0.3 is 0 Å². The van der Waals surface area contributed by atoms with Gasteiger partial charge in [-0.05, 0) is 12.1 Å². The maximum atomic E-state index is 12.2. The van der Waals surface area contributed by atoms with E-state index in [-0.39, 0.29) is 15.9 Å². The summed E-state index contributed by atoms with van der Waals surface area (Å²) in [6.45, 7) is -1.39. The molecule has 0 amide bonds. The first-order valence-corrected chi connectivity index (χ1v) is 7.76. The Morgan fingerprint density at radius 1 is 1.23 bits per heavy atom. The fourth-order valence-electron chi connectivity index (χ4n) is 1.53. The minimum atomic E-state index is -4.50. The van der Waals surface area contributed by atoms with Crippen molar-refractivity contribution in [1.82, 2.24) is 15.0 Å². The number of rotatable bonds is 4. The van der Waals surface area contributed by atoms with Gasteiger partial charge in [-0.15, -0.1) is 5.10 Å². The van der Waals surface area contributed by atoms with Gasteiger partial charge in [-0.25, -0.2) is 13.1 Å². The van der Waals surface area contributed by atoms with Crippen LogP contribution in [0.2, 0.25) is 10.0 Å². The molecule has 0 radical (unpaired) electrons. The highest BCUT2D eigenvalue weighted by molar-refractivity contribution is 7.93. The molecule has 0 aliphatic heterocycles. The molecule has 0 unspecified atom stereocenters. The van der Waals surface area contributed by atoms with Crippen LogP contribution in [0, 0.1) is 0 Å². The molecule has 6 nitrogen and oxygen atoms in total. The molecule has 22 heavy (non-hydrogen) atoms. The van der Waals surface area contributed by atoms with Crippen LogP contribution in [0.15, 0.2) is 29.3 Å². The number of nitrogens with one attached hydrogen (secondary N) is 1. The first kappa shape index (κ1) is 16.8. The molecule has 12 heteroatoms. The molecule has 1 N–H and O–H groups in total. The lowest BCUT2D eigenvalue weighted by Gasteiger charge is -2.08. The summed E-state index contributed by atoms with van der Waals surface area (Å²) in [5, 5.41) is 6.21. The Hall–Kier alpha value is -1.52. The van der Waals surface area contributed by atoms with Crippen LogP contribution in [-0.4, -0.2) is 29.6 Å². The lowest BCUT2D eigenvalue weighted by atomic mass is 10.4. The van der Waals surface area contributed by atoms with Gasteiger partial charge in [0.2, 0.25) is 0 Å². The van der Waals surface area contributed by atoms with E-state index < -0.39 is 27.6 Å². The van der Waals surface area contributed by atoms with Crippen LogP contribution in [0.5, 0.6) is 0 Å². The Morgan fingerprint density at radius 2 is 1.82 bits per heavy atom. The third-order valence-corrected chi connectivity index (χ3v) is 4.62. The Morgan fingerprint density at radius 3 is 2.36 bits per heavy atom. The normalized spacial score (nSPS) is 12.4. The lowest BCUT2D eigenvalue weighted by molar-refractivity contribution is -0.142. The van der Waals surface area contributed by atoms with Crippen molar-refractivity contribution in [3.63, 3.8) is 0 Å². The summed E-state index contributed by atoms with van der Waals surface area (Å²) in [5.74, 6) is -0.389. The summed E-state index contributed by atoms with van der Waals surface area (Å²) in [7, 11) is -4.22. The SMILES string of the molecule is O=S(=O)(Nc1cn(CC(F)(F)F)nn1)c1c(Cl)cccc1Cl. The van der Waals surface area contributed by atoms with Crippen LogP contribution >= 0.6 is 23.2 Å². The Bertz CT molecular complexity index is 771. The molecule has 0 saturated carbocycles. The zero-order valence-electron chi connectivity index (χ0n) is 10.5. The number of anilines is 1. The second kappa shape index (κ2) is 5.94. The van der Waals surface area contributed by atoms with E-state index >= 15 is 0 Å². The van der Waals surface area contributed by atoms with Gasteiger partial charge in [-0.1, -0.05) is 34.5 Å².